The molecule has 0 bridgehead atoms. The number of anilines is 4. The molecule has 8 aromatic carbocycles. The summed E-state index contributed by atoms with van der Waals surface area (Å²) in [5, 5.41) is 2.23. The molecule has 0 radical (unpaired) electrons. The van der Waals surface area contributed by atoms with Crippen molar-refractivity contribution >= 4 is 44.6 Å². The van der Waals surface area contributed by atoms with E-state index in [1.165, 1.54) is 44.5 Å². The van der Waals surface area contributed by atoms with Crippen LogP contribution in [0.2, 0.25) is 0 Å². The minimum Gasteiger partial charge on any atom is -0.509 e. The Balaban J connectivity index is 0.00000688. The molecule has 1 aliphatic rings. The van der Waals surface area contributed by atoms with Crippen molar-refractivity contribution in [2.24, 2.45) is 0 Å². The second kappa shape index (κ2) is 20.2. The zero-order valence-corrected chi connectivity index (χ0v) is 49.8. The summed E-state index contributed by atoms with van der Waals surface area (Å²) in [5.41, 5.74) is 16.1. The number of benzene rings is 8. The van der Waals surface area contributed by atoms with Gasteiger partial charge in [-0.25, -0.2) is 4.98 Å². The molecule has 1 aliphatic heterocycles. The third-order valence-corrected chi connectivity index (χ3v) is 16.0. The van der Waals surface area contributed by atoms with Crippen LogP contribution in [-0.2, 0) is 48.1 Å². The number of hydrogen-bond acceptors (Lipinski definition) is 4. The second-order valence-electron chi connectivity index (χ2n) is 25.2. The van der Waals surface area contributed by atoms with Crippen LogP contribution in [0.1, 0.15) is 129 Å². The predicted octanol–water partition coefficient (Wildman–Crippen LogP) is 19.2. The van der Waals surface area contributed by atoms with Crippen LogP contribution in [0.5, 0.6) is 11.5 Å². The van der Waals surface area contributed by atoms with Crippen LogP contribution in [-0.4, -0.2) is 9.55 Å². The fourth-order valence-corrected chi connectivity index (χ4v) is 10.9. The van der Waals surface area contributed by atoms with Gasteiger partial charge in [-0.05, 0) is 114 Å². The van der Waals surface area contributed by atoms with Gasteiger partial charge in [0.2, 0.25) is 0 Å². The molecule has 398 valence electrons. The van der Waals surface area contributed by atoms with E-state index in [1.54, 1.807) is 0 Å². The van der Waals surface area contributed by atoms with Gasteiger partial charge in [0.05, 0.1) is 0 Å². The first-order valence-electron chi connectivity index (χ1n) is 27.2. The van der Waals surface area contributed by atoms with Crippen molar-refractivity contribution in [3.8, 4) is 28.4 Å². The molecule has 0 unspecified atom stereocenters. The van der Waals surface area contributed by atoms with Crippen LogP contribution in [0.25, 0.3) is 38.8 Å². The number of rotatable bonds is 10. The molecular formula is C72H71N4OPt-3. The smallest absolute Gasteiger partial charge is 0.135 e. The summed E-state index contributed by atoms with van der Waals surface area (Å²) < 4.78 is 9.40. The van der Waals surface area contributed by atoms with Crippen molar-refractivity contribution in [2.45, 2.75) is 117 Å². The standard InChI is InChI=1S/C72H71N4O.Pt/c1-68(2,3)52-29-33-63-62(42-52)61-32-31-59(46-65(61)76(63)67-44-54(35-36-73-67)71(10,11)50-25-19-15-20-26-50)77-60-41-56(72(12,13)51-27-21-16-22-28-51)40-58(45-60)74-47-75(66-43-53(69(4,5)6)30-34-64(66)74)57-38-49(48-23-17-14-18-24-48)37-55(39-57)70(7,8)9;/h14-44,47H,1-13H3;/q-3;. The van der Waals surface area contributed by atoms with E-state index in [4.69, 9.17) is 9.72 Å². The Morgan fingerprint density at radius 1 is 0.423 bits per heavy atom. The van der Waals surface area contributed by atoms with E-state index in [9.17, 15) is 0 Å². The molecule has 0 amide bonds. The first kappa shape index (κ1) is 54.2. The molecule has 10 aromatic rings. The van der Waals surface area contributed by atoms with Gasteiger partial charge in [-0.15, -0.1) is 53.6 Å². The summed E-state index contributed by atoms with van der Waals surface area (Å²) in [4.78, 5) is 9.74. The summed E-state index contributed by atoms with van der Waals surface area (Å²) in [6.45, 7) is 31.9. The van der Waals surface area contributed by atoms with Crippen LogP contribution in [0.15, 0.2) is 188 Å². The first-order chi connectivity index (χ1) is 36.5. The fourth-order valence-electron chi connectivity index (χ4n) is 10.9. The fraction of sp³-hybridized carbons (Fsp3) is 0.250. The molecule has 5 nitrogen and oxygen atoms in total. The molecule has 0 atom stereocenters. The number of nitrogens with zero attached hydrogens (tertiary/aromatic N) is 4. The molecule has 11 rings (SSSR count). The zero-order chi connectivity index (χ0) is 54.2. The third-order valence-electron chi connectivity index (χ3n) is 16.0. The van der Waals surface area contributed by atoms with Crippen LogP contribution >= 0.6 is 0 Å². The number of ether oxygens (including phenoxy) is 1. The Kier molecular flexibility index (Phi) is 14.0. The van der Waals surface area contributed by atoms with E-state index < -0.39 is 5.41 Å². The molecule has 3 heterocycles. The van der Waals surface area contributed by atoms with Crippen molar-refractivity contribution in [1.29, 1.82) is 0 Å². The Bertz CT molecular complexity index is 3820. The van der Waals surface area contributed by atoms with Crippen LogP contribution in [0.3, 0.4) is 0 Å². The number of aromatic nitrogens is 2. The first-order valence-corrected chi connectivity index (χ1v) is 27.2. The normalized spacial score (nSPS) is 13.2. The molecule has 0 saturated heterocycles. The Morgan fingerprint density at radius 2 is 1.03 bits per heavy atom. The van der Waals surface area contributed by atoms with Crippen LogP contribution in [0, 0.1) is 18.8 Å². The van der Waals surface area contributed by atoms with Gasteiger partial charge >= 0.3 is 0 Å². The van der Waals surface area contributed by atoms with E-state index in [2.05, 4.69) is 305 Å². The van der Waals surface area contributed by atoms with Gasteiger partial charge in [-0.1, -0.05) is 211 Å². The van der Waals surface area contributed by atoms with Crippen molar-refractivity contribution in [3.05, 3.63) is 246 Å². The molecule has 0 N–H and O–H groups in total. The minimum absolute atomic E-state index is 0. The Hall–Kier alpha value is -7.20. The summed E-state index contributed by atoms with van der Waals surface area (Å²) in [6.07, 6.45) is 1.94. The average Bonchev–Trinajstić information content (AvgIpc) is 4.09. The molecule has 78 heavy (non-hydrogen) atoms. The van der Waals surface area contributed by atoms with E-state index in [1.807, 2.05) is 6.20 Å². The van der Waals surface area contributed by atoms with Crippen LogP contribution in [0.4, 0.5) is 22.7 Å². The summed E-state index contributed by atoms with van der Waals surface area (Å²) in [6, 6.07) is 73.7. The quantitative estimate of drug-likeness (QED) is 0.128. The molecule has 2 aromatic heterocycles. The maximum Gasteiger partial charge on any atom is 0.135 e. The van der Waals surface area contributed by atoms with Crippen molar-refractivity contribution in [1.82, 2.24) is 9.55 Å². The SMILES string of the molecule is CC(C)(C)c1cc(-c2ccccc2)cc(N2[CH-]N(c3[c-]c(Oc4[c-]c5c(cc4)c4cc(C(C)(C)C)ccc4n5-c4cc(C(C)(C)c5ccccc5)ccn4)cc(C(C)(C)c4ccccc4)c3)c3ccc(C(C)(C)C)cc32)c1.[Pt]. The van der Waals surface area contributed by atoms with Crippen molar-refractivity contribution in [3.63, 3.8) is 0 Å². The van der Waals surface area contributed by atoms with Crippen molar-refractivity contribution < 1.29 is 25.8 Å². The number of fused-ring (bicyclic) bond motifs is 4. The largest absolute Gasteiger partial charge is 0.509 e. The summed E-state index contributed by atoms with van der Waals surface area (Å²) >= 11 is 0. The van der Waals surface area contributed by atoms with Gasteiger partial charge in [0.25, 0.3) is 0 Å². The Morgan fingerprint density at radius 3 is 1.67 bits per heavy atom. The predicted molar refractivity (Wildman–Crippen MR) is 323 cm³/mol. The van der Waals surface area contributed by atoms with Crippen molar-refractivity contribution in [2.75, 3.05) is 9.80 Å². The van der Waals surface area contributed by atoms with Gasteiger partial charge in [0.1, 0.15) is 5.82 Å². The molecule has 0 saturated carbocycles. The van der Waals surface area contributed by atoms with E-state index in [0.29, 0.717) is 11.5 Å². The average molecular weight is 1200 g/mol. The number of pyridine rings is 1. The number of hydrogen-bond donors (Lipinski definition) is 0. The molecule has 6 heteroatoms. The van der Waals surface area contributed by atoms with Gasteiger partial charge < -0.3 is 19.1 Å². The minimum atomic E-state index is -0.401. The molecular weight excluding hydrogens is 1130 g/mol. The Labute approximate surface area is 478 Å². The van der Waals surface area contributed by atoms with Gasteiger partial charge in [0.15, 0.2) is 0 Å². The second-order valence-corrected chi connectivity index (χ2v) is 25.2. The van der Waals surface area contributed by atoms with Crippen LogP contribution < -0.4 is 14.5 Å². The van der Waals surface area contributed by atoms with Gasteiger partial charge in [-0.2, -0.15) is 6.07 Å². The molecule has 0 fully saturated rings. The summed E-state index contributed by atoms with van der Waals surface area (Å²) in [5.74, 6) is 2.01. The van der Waals surface area contributed by atoms with E-state index in [-0.39, 0.29) is 42.7 Å². The third kappa shape index (κ3) is 10.2. The van der Waals surface area contributed by atoms with Gasteiger partial charge in [0, 0.05) is 66.8 Å². The topological polar surface area (TPSA) is 33.5 Å². The van der Waals surface area contributed by atoms with E-state index >= 15 is 0 Å². The maximum absolute atomic E-state index is 7.14. The monoisotopic (exact) mass is 1200 g/mol. The van der Waals surface area contributed by atoms with E-state index in [0.717, 1.165) is 55.9 Å². The molecule has 0 spiro atoms. The van der Waals surface area contributed by atoms with Gasteiger partial charge in [-0.3, -0.25) is 0 Å². The zero-order valence-electron chi connectivity index (χ0n) is 47.5. The summed E-state index contributed by atoms with van der Waals surface area (Å²) in [7, 11) is 0. The molecule has 0 aliphatic carbocycles. The maximum atomic E-state index is 7.14.